The number of carboxylic acids is 1. The van der Waals surface area contributed by atoms with Crippen molar-refractivity contribution in [2.75, 3.05) is 5.32 Å². The smallest absolute Gasteiger partial charge is 0.303 e. The summed E-state index contributed by atoms with van der Waals surface area (Å²) < 4.78 is 1.50. The van der Waals surface area contributed by atoms with Gasteiger partial charge in [0.15, 0.2) is 0 Å². The molecule has 0 aliphatic rings. The molecule has 1 aromatic heterocycles. The molecule has 0 aliphatic carbocycles. The minimum atomic E-state index is -0.869. The maximum atomic E-state index is 12.7. The molecule has 6 nitrogen and oxygen atoms in total. The summed E-state index contributed by atoms with van der Waals surface area (Å²) in [7, 11) is 1.66. The number of aryl methyl sites for hydroxylation is 2. The Morgan fingerprint density at radius 2 is 1.85 bits per heavy atom. The second-order valence-electron chi connectivity index (χ2n) is 6.02. The first-order valence-corrected chi connectivity index (χ1v) is 8.16. The number of aliphatic carboxylic acids is 1. The highest BCUT2D eigenvalue weighted by Crippen LogP contribution is 2.19. The highest BCUT2D eigenvalue weighted by atomic mass is 16.4. The molecule has 0 radical (unpaired) electrons. The second kappa shape index (κ2) is 7.23. The number of anilines is 1. The minimum absolute atomic E-state index is 0.0246. The van der Waals surface area contributed by atoms with E-state index >= 15 is 0 Å². The number of nitrogens with one attached hydrogen (secondary N) is 1. The number of amides is 1. The predicted molar refractivity (Wildman–Crippen MR) is 99.5 cm³/mol. The third-order valence-corrected chi connectivity index (χ3v) is 4.21. The van der Waals surface area contributed by atoms with Crippen molar-refractivity contribution in [3.05, 3.63) is 76.1 Å². The van der Waals surface area contributed by atoms with E-state index in [2.05, 4.69) is 5.32 Å². The molecule has 0 saturated heterocycles. The lowest BCUT2D eigenvalue weighted by molar-refractivity contribution is -0.136. The molecule has 2 aromatic carbocycles. The van der Waals surface area contributed by atoms with Gasteiger partial charge in [-0.2, -0.15) is 0 Å². The van der Waals surface area contributed by atoms with Gasteiger partial charge in [0.05, 0.1) is 11.1 Å². The Bertz CT molecular complexity index is 1050. The van der Waals surface area contributed by atoms with E-state index in [9.17, 15) is 14.4 Å². The van der Waals surface area contributed by atoms with Crippen LogP contribution >= 0.6 is 0 Å². The number of hydrogen-bond acceptors (Lipinski definition) is 3. The van der Waals surface area contributed by atoms with E-state index < -0.39 is 5.97 Å². The number of pyridine rings is 1. The second-order valence-corrected chi connectivity index (χ2v) is 6.02. The molecule has 0 aliphatic heterocycles. The molecule has 6 heteroatoms. The Balaban J connectivity index is 1.91. The lowest BCUT2D eigenvalue weighted by Gasteiger charge is -2.11. The number of carbonyl (C=O) groups is 2. The summed E-state index contributed by atoms with van der Waals surface area (Å²) in [6.45, 7) is 0. The van der Waals surface area contributed by atoms with Crippen molar-refractivity contribution in [2.45, 2.75) is 12.8 Å². The van der Waals surface area contributed by atoms with Crippen LogP contribution in [0.5, 0.6) is 0 Å². The maximum absolute atomic E-state index is 12.7. The Hall–Kier alpha value is -3.41. The van der Waals surface area contributed by atoms with Gasteiger partial charge in [-0.3, -0.25) is 14.4 Å². The fraction of sp³-hybridized carbons (Fsp3) is 0.150. The van der Waals surface area contributed by atoms with E-state index in [-0.39, 0.29) is 17.9 Å². The van der Waals surface area contributed by atoms with Gasteiger partial charge < -0.3 is 15.0 Å². The van der Waals surface area contributed by atoms with Crippen molar-refractivity contribution in [2.24, 2.45) is 7.05 Å². The zero-order chi connectivity index (χ0) is 18.7. The molecule has 0 bridgehead atoms. The molecule has 2 N–H and O–H groups in total. The van der Waals surface area contributed by atoms with Crippen molar-refractivity contribution in [1.82, 2.24) is 4.57 Å². The van der Waals surface area contributed by atoms with Crippen molar-refractivity contribution >= 4 is 28.5 Å². The number of carbonyl (C=O) groups excluding carboxylic acids is 1. The molecule has 1 heterocycles. The number of para-hydroxylation sites is 1. The van der Waals surface area contributed by atoms with Gasteiger partial charge in [-0.25, -0.2) is 0 Å². The predicted octanol–water partition coefficient (Wildman–Crippen LogP) is 2.81. The molecular weight excluding hydrogens is 332 g/mol. The van der Waals surface area contributed by atoms with Crippen molar-refractivity contribution in [1.29, 1.82) is 0 Å². The van der Waals surface area contributed by atoms with Crippen molar-refractivity contribution in [3.63, 3.8) is 0 Å². The van der Waals surface area contributed by atoms with Crippen LogP contribution in [0.25, 0.3) is 10.9 Å². The van der Waals surface area contributed by atoms with Crippen molar-refractivity contribution < 1.29 is 14.7 Å². The van der Waals surface area contributed by atoms with Crippen LogP contribution in [0.15, 0.2) is 59.4 Å². The summed E-state index contributed by atoms with van der Waals surface area (Å²) in [6.07, 6.45) is 0.407. The molecule has 0 fully saturated rings. The molecule has 26 heavy (non-hydrogen) atoms. The van der Waals surface area contributed by atoms with Crippen LogP contribution in [0, 0.1) is 0 Å². The van der Waals surface area contributed by atoms with E-state index in [4.69, 9.17) is 5.11 Å². The number of hydrogen-bond donors (Lipinski definition) is 2. The van der Waals surface area contributed by atoms with Crippen LogP contribution in [0.1, 0.15) is 22.3 Å². The number of aromatic nitrogens is 1. The van der Waals surface area contributed by atoms with Crippen LogP contribution in [0.4, 0.5) is 5.69 Å². The van der Waals surface area contributed by atoms with Gasteiger partial charge in [0.2, 0.25) is 0 Å². The van der Waals surface area contributed by atoms with E-state index in [1.165, 1.54) is 10.6 Å². The average Bonchev–Trinajstić information content (AvgIpc) is 2.63. The number of nitrogens with zero attached hydrogens (tertiary/aromatic N) is 1. The Morgan fingerprint density at radius 3 is 2.62 bits per heavy atom. The Morgan fingerprint density at radius 1 is 1.08 bits per heavy atom. The lowest BCUT2D eigenvalue weighted by atomic mass is 10.1. The number of fused-ring (bicyclic) bond motifs is 1. The van der Waals surface area contributed by atoms with Gasteiger partial charge in [0.25, 0.3) is 11.5 Å². The topological polar surface area (TPSA) is 88.4 Å². The molecular formula is C20H18N2O4. The Kier molecular flexibility index (Phi) is 4.84. The van der Waals surface area contributed by atoms with E-state index in [1.807, 2.05) is 18.2 Å². The lowest BCUT2D eigenvalue weighted by Crippen LogP contribution is -2.21. The summed E-state index contributed by atoms with van der Waals surface area (Å²) >= 11 is 0. The summed E-state index contributed by atoms with van der Waals surface area (Å²) in [4.78, 5) is 35.6. The zero-order valence-electron chi connectivity index (χ0n) is 14.2. The Labute approximate surface area is 149 Å². The molecule has 1 amide bonds. The van der Waals surface area contributed by atoms with Gasteiger partial charge in [-0.1, -0.05) is 30.3 Å². The van der Waals surface area contributed by atoms with Gasteiger partial charge >= 0.3 is 5.97 Å². The normalized spacial score (nSPS) is 10.7. The number of carboxylic acid groups (broad SMARTS) is 1. The largest absolute Gasteiger partial charge is 0.481 e. The fourth-order valence-corrected chi connectivity index (χ4v) is 2.85. The average molecular weight is 350 g/mol. The molecule has 0 saturated carbocycles. The molecule has 132 valence electrons. The van der Waals surface area contributed by atoms with E-state index in [0.717, 1.165) is 5.56 Å². The summed E-state index contributed by atoms with van der Waals surface area (Å²) in [6, 6.07) is 15.6. The van der Waals surface area contributed by atoms with Crippen LogP contribution in [0.2, 0.25) is 0 Å². The first-order valence-electron chi connectivity index (χ1n) is 8.16. The van der Waals surface area contributed by atoms with Gasteiger partial charge in [-0.05, 0) is 30.2 Å². The van der Waals surface area contributed by atoms with Gasteiger partial charge in [0.1, 0.15) is 0 Å². The molecule has 0 atom stereocenters. The third kappa shape index (κ3) is 3.64. The van der Waals surface area contributed by atoms with Crippen LogP contribution < -0.4 is 10.9 Å². The summed E-state index contributed by atoms with van der Waals surface area (Å²) in [5.41, 5.74) is 2.10. The SMILES string of the molecule is Cn1c(=O)cc(C(=O)Nc2cccc(CCC(=O)O)c2)c2ccccc21. The maximum Gasteiger partial charge on any atom is 0.303 e. The quantitative estimate of drug-likeness (QED) is 0.740. The van der Waals surface area contributed by atoms with Crippen LogP contribution in [-0.2, 0) is 18.3 Å². The summed E-state index contributed by atoms with van der Waals surface area (Å²) in [5.74, 6) is -1.25. The molecule has 3 rings (SSSR count). The van der Waals surface area contributed by atoms with Crippen LogP contribution in [0.3, 0.4) is 0 Å². The number of benzene rings is 2. The third-order valence-electron chi connectivity index (χ3n) is 4.21. The zero-order valence-corrected chi connectivity index (χ0v) is 14.2. The molecule has 0 unspecified atom stereocenters. The van der Waals surface area contributed by atoms with E-state index in [1.54, 1.807) is 37.4 Å². The number of rotatable bonds is 5. The first kappa shape index (κ1) is 17.4. The minimum Gasteiger partial charge on any atom is -0.481 e. The van der Waals surface area contributed by atoms with Crippen LogP contribution in [-0.4, -0.2) is 21.6 Å². The monoisotopic (exact) mass is 350 g/mol. The first-order chi connectivity index (χ1) is 12.5. The standard InChI is InChI=1S/C20H18N2O4/c1-22-17-8-3-2-7-15(17)16(12-18(22)23)20(26)21-14-6-4-5-13(11-14)9-10-19(24)25/h2-8,11-12H,9-10H2,1H3,(H,21,26)(H,24,25). The molecule has 0 spiro atoms. The van der Waals surface area contributed by atoms with Gasteiger partial charge in [-0.15, -0.1) is 0 Å². The van der Waals surface area contributed by atoms with E-state index in [0.29, 0.717) is 28.6 Å². The fourth-order valence-electron chi connectivity index (χ4n) is 2.85. The highest BCUT2D eigenvalue weighted by Gasteiger charge is 2.14. The van der Waals surface area contributed by atoms with Gasteiger partial charge in [0, 0.05) is 30.6 Å². The van der Waals surface area contributed by atoms with Crippen molar-refractivity contribution in [3.8, 4) is 0 Å². The highest BCUT2D eigenvalue weighted by molar-refractivity contribution is 6.12. The summed E-state index contributed by atoms with van der Waals surface area (Å²) in [5, 5.41) is 12.3. The molecule has 3 aromatic rings.